The van der Waals surface area contributed by atoms with Crippen LogP contribution in [0.15, 0.2) is 65.1 Å². The van der Waals surface area contributed by atoms with Crippen LogP contribution in [0.1, 0.15) is 35.4 Å². The Morgan fingerprint density at radius 2 is 1.95 bits per heavy atom. The van der Waals surface area contributed by atoms with Crippen molar-refractivity contribution in [2.24, 2.45) is 0 Å². The number of aromatic nitrogens is 2. The Morgan fingerprint density at radius 3 is 2.75 bits per heavy atom. The monoisotopic (exact) mass is 580 g/mol. The molecule has 0 spiro atoms. The Bertz CT molecular complexity index is 1600. The molecular formula is C29H32N4O5S2. The van der Waals surface area contributed by atoms with Crippen LogP contribution in [-0.2, 0) is 27.8 Å². The summed E-state index contributed by atoms with van der Waals surface area (Å²) in [6, 6.07) is 13.2. The van der Waals surface area contributed by atoms with Gasteiger partial charge in [0.1, 0.15) is 10.9 Å². The predicted octanol–water partition coefficient (Wildman–Crippen LogP) is 4.49. The fourth-order valence-corrected chi connectivity index (χ4v) is 7.44. The first-order valence-electron chi connectivity index (χ1n) is 13.2. The molecule has 1 atom stereocenters. The summed E-state index contributed by atoms with van der Waals surface area (Å²) in [5, 5.41) is 3.60. The number of para-hydroxylation sites is 1. The lowest BCUT2D eigenvalue weighted by Crippen LogP contribution is -2.48. The van der Waals surface area contributed by atoms with E-state index >= 15 is 0 Å². The Morgan fingerprint density at radius 1 is 1.10 bits per heavy atom. The van der Waals surface area contributed by atoms with Crippen LogP contribution in [0.25, 0.3) is 10.9 Å². The molecule has 40 heavy (non-hydrogen) atoms. The van der Waals surface area contributed by atoms with E-state index < -0.39 is 16.1 Å². The molecule has 1 N–H and O–H groups in total. The van der Waals surface area contributed by atoms with E-state index in [9.17, 15) is 13.2 Å². The van der Waals surface area contributed by atoms with Crippen LogP contribution in [0.4, 0.5) is 0 Å². The number of ether oxygens (including phenoxy) is 2. The number of carbonyl (C=O) groups excluding carboxylic acids is 1. The SMILES string of the molecule is COc1cc(CN([C@H]2CCCCNC2=O)S(=O)(=O)c2cccc3cccnc23)ccc1OCCc1scnc1C. The maximum Gasteiger partial charge on any atom is 0.246 e. The first-order chi connectivity index (χ1) is 19.4. The summed E-state index contributed by atoms with van der Waals surface area (Å²) >= 11 is 1.60. The molecule has 0 unspecified atom stereocenters. The molecule has 11 heteroatoms. The molecule has 5 rings (SSSR count). The molecule has 1 saturated heterocycles. The van der Waals surface area contributed by atoms with Crippen LogP contribution < -0.4 is 14.8 Å². The van der Waals surface area contributed by atoms with E-state index in [0.29, 0.717) is 47.5 Å². The second-order valence-corrected chi connectivity index (χ2v) is 12.4. The fourth-order valence-electron chi connectivity index (χ4n) is 4.90. The maximum atomic E-state index is 14.3. The minimum atomic E-state index is -4.11. The molecule has 9 nitrogen and oxygen atoms in total. The lowest BCUT2D eigenvalue weighted by Gasteiger charge is -2.29. The molecule has 210 valence electrons. The van der Waals surface area contributed by atoms with Crippen molar-refractivity contribution in [2.75, 3.05) is 20.3 Å². The van der Waals surface area contributed by atoms with Gasteiger partial charge in [0.15, 0.2) is 11.5 Å². The Kier molecular flexibility index (Phi) is 8.63. The second-order valence-electron chi connectivity index (χ2n) is 9.63. The summed E-state index contributed by atoms with van der Waals surface area (Å²) < 4.78 is 41.4. The van der Waals surface area contributed by atoms with Crippen molar-refractivity contribution in [1.29, 1.82) is 0 Å². The summed E-state index contributed by atoms with van der Waals surface area (Å²) in [4.78, 5) is 23.0. The average Bonchev–Trinajstić information content (AvgIpc) is 3.25. The molecule has 1 aliphatic heterocycles. The number of rotatable bonds is 10. The van der Waals surface area contributed by atoms with Gasteiger partial charge in [-0.1, -0.05) is 24.3 Å². The van der Waals surface area contributed by atoms with Gasteiger partial charge in [-0.25, -0.2) is 13.4 Å². The van der Waals surface area contributed by atoms with Crippen molar-refractivity contribution in [3.63, 3.8) is 0 Å². The van der Waals surface area contributed by atoms with Gasteiger partial charge in [-0.15, -0.1) is 11.3 Å². The summed E-state index contributed by atoms with van der Waals surface area (Å²) in [7, 11) is -2.56. The van der Waals surface area contributed by atoms with E-state index in [0.717, 1.165) is 25.0 Å². The first-order valence-corrected chi connectivity index (χ1v) is 15.5. The smallest absolute Gasteiger partial charge is 0.246 e. The standard InChI is InChI=1S/C29H32N4O5S2/c1-20-26(39-19-32-20)13-16-38-24-12-11-21(17-25(24)37-2)18-33(23-9-3-4-14-31-29(23)34)40(35,36)27-10-5-7-22-8-6-15-30-28(22)27/h5-8,10-12,15,17,19,23H,3-4,9,13-14,16,18H2,1-2H3,(H,31,34)/t23-/m0/s1. The Labute approximate surface area is 238 Å². The van der Waals surface area contributed by atoms with E-state index in [2.05, 4.69) is 15.3 Å². The van der Waals surface area contributed by atoms with Crippen molar-refractivity contribution in [1.82, 2.24) is 19.6 Å². The molecular weight excluding hydrogens is 548 g/mol. The van der Waals surface area contributed by atoms with Gasteiger partial charge in [-0.05, 0) is 56.0 Å². The van der Waals surface area contributed by atoms with Crippen molar-refractivity contribution < 1.29 is 22.7 Å². The summed E-state index contributed by atoms with van der Waals surface area (Å²) in [5.41, 5.74) is 3.88. The van der Waals surface area contributed by atoms with Crippen LogP contribution in [0.5, 0.6) is 11.5 Å². The van der Waals surface area contributed by atoms with Gasteiger partial charge in [-0.2, -0.15) is 4.31 Å². The largest absolute Gasteiger partial charge is 0.493 e. The van der Waals surface area contributed by atoms with Gasteiger partial charge in [0.05, 0.1) is 30.4 Å². The number of carbonyl (C=O) groups is 1. The van der Waals surface area contributed by atoms with Gasteiger partial charge < -0.3 is 14.8 Å². The van der Waals surface area contributed by atoms with E-state index in [1.54, 1.807) is 55.0 Å². The molecule has 1 fully saturated rings. The van der Waals surface area contributed by atoms with Gasteiger partial charge in [0.25, 0.3) is 0 Å². The zero-order valence-electron chi connectivity index (χ0n) is 22.5. The van der Waals surface area contributed by atoms with Crippen LogP contribution in [0.3, 0.4) is 0 Å². The lowest BCUT2D eigenvalue weighted by molar-refractivity contribution is -0.124. The fraction of sp³-hybridized carbons (Fsp3) is 0.345. The van der Waals surface area contributed by atoms with Gasteiger partial charge in [0.2, 0.25) is 15.9 Å². The van der Waals surface area contributed by atoms with Crippen LogP contribution >= 0.6 is 11.3 Å². The highest BCUT2D eigenvalue weighted by Crippen LogP contribution is 2.32. The number of nitrogens with one attached hydrogen (secondary N) is 1. The van der Waals surface area contributed by atoms with Crippen LogP contribution in [0.2, 0.25) is 0 Å². The number of hydrogen-bond acceptors (Lipinski definition) is 8. The maximum absolute atomic E-state index is 14.3. The van der Waals surface area contributed by atoms with Crippen molar-refractivity contribution in [3.8, 4) is 11.5 Å². The Hall–Kier alpha value is -3.54. The Balaban J connectivity index is 1.46. The first kappa shape index (κ1) is 28.0. The third kappa shape index (κ3) is 5.96. The quantitative estimate of drug-likeness (QED) is 0.294. The molecule has 0 radical (unpaired) electrons. The molecule has 0 aliphatic carbocycles. The molecule has 0 bridgehead atoms. The molecule has 0 saturated carbocycles. The molecule has 4 aromatic rings. The minimum absolute atomic E-state index is 0.0136. The number of fused-ring (bicyclic) bond motifs is 1. The molecule has 3 heterocycles. The van der Waals surface area contributed by atoms with E-state index in [1.807, 2.05) is 30.6 Å². The summed E-state index contributed by atoms with van der Waals surface area (Å²) in [6.45, 7) is 2.94. The van der Waals surface area contributed by atoms with Crippen LogP contribution in [-0.4, -0.2) is 54.9 Å². The third-order valence-corrected chi connectivity index (χ3v) is 9.92. The number of amides is 1. The van der Waals surface area contributed by atoms with E-state index in [-0.39, 0.29) is 17.3 Å². The van der Waals surface area contributed by atoms with Gasteiger partial charge in [0, 0.05) is 36.0 Å². The highest BCUT2D eigenvalue weighted by Gasteiger charge is 2.37. The van der Waals surface area contributed by atoms with Crippen molar-refractivity contribution in [3.05, 3.63) is 76.4 Å². The van der Waals surface area contributed by atoms with Crippen molar-refractivity contribution >= 4 is 38.2 Å². The minimum Gasteiger partial charge on any atom is -0.493 e. The molecule has 1 amide bonds. The summed E-state index contributed by atoms with van der Waals surface area (Å²) in [6.07, 6.45) is 4.26. The molecule has 2 aromatic heterocycles. The zero-order chi connectivity index (χ0) is 28.1. The lowest BCUT2D eigenvalue weighted by atomic mass is 10.1. The predicted molar refractivity (Wildman–Crippen MR) is 154 cm³/mol. The average molecular weight is 581 g/mol. The van der Waals surface area contributed by atoms with Gasteiger partial charge in [-0.3, -0.25) is 9.78 Å². The molecule has 1 aliphatic rings. The number of aryl methyl sites for hydroxylation is 1. The second kappa shape index (κ2) is 12.3. The molecule has 2 aromatic carbocycles. The number of nitrogens with zero attached hydrogens (tertiary/aromatic N) is 3. The van der Waals surface area contributed by atoms with Crippen molar-refractivity contribution in [2.45, 2.75) is 50.1 Å². The number of methoxy groups -OCH3 is 1. The highest BCUT2D eigenvalue weighted by atomic mass is 32.2. The zero-order valence-corrected chi connectivity index (χ0v) is 24.1. The number of hydrogen-bond donors (Lipinski definition) is 1. The van der Waals surface area contributed by atoms with Gasteiger partial charge >= 0.3 is 0 Å². The normalized spacial score (nSPS) is 16.1. The number of pyridine rings is 1. The van der Waals surface area contributed by atoms with E-state index in [4.69, 9.17) is 9.47 Å². The number of thiazole rings is 1. The topological polar surface area (TPSA) is 111 Å². The summed E-state index contributed by atoms with van der Waals surface area (Å²) in [5.74, 6) is 0.765. The number of sulfonamides is 1. The third-order valence-electron chi connectivity index (χ3n) is 7.03. The highest BCUT2D eigenvalue weighted by molar-refractivity contribution is 7.89. The van der Waals surface area contributed by atoms with Crippen LogP contribution in [0, 0.1) is 6.92 Å². The number of benzene rings is 2. The van der Waals surface area contributed by atoms with E-state index in [1.165, 1.54) is 9.18 Å².